The van der Waals surface area contributed by atoms with Gasteiger partial charge in [0.1, 0.15) is 0 Å². The Hall–Kier alpha value is -0.480. The highest BCUT2D eigenvalue weighted by Gasteiger charge is 2.32. The Morgan fingerprint density at radius 1 is 1.70 bits per heavy atom. The van der Waals surface area contributed by atoms with Crippen molar-refractivity contribution >= 4 is 0 Å². The summed E-state index contributed by atoms with van der Waals surface area (Å²) in [7, 11) is 0. The maximum Gasteiger partial charge on any atom is 0.0865 e. The van der Waals surface area contributed by atoms with Crippen LogP contribution in [0.25, 0.3) is 0 Å². The Morgan fingerprint density at radius 2 is 2.40 bits per heavy atom. The van der Waals surface area contributed by atoms with Crippen molar-refractivity contribution < 1.29 is 5.11 Å². The molecule has 56 valence electrons. The molecule has 0 aromatic carbocycles. The topological polar surface area (TPSA) is 20.2 Å². The molecule has 0 amide bonds. The summed E-state index contributed by atoms with van der Waals surface area (Å²) in [5.41, 5.74) is -0.560. The van der Waals surface area contributed by atoms with Crippen LogP contribution in [-0.2, 0) is 0 Å². The van der Waals surface area contributed by atoms with Crippen molar-refractivity contribution in [2.24, 2.45) is 5.92 Å². The maximum absolute atomic E-state index is 9.66. The molecule has 0 aromatic heterocycles. The average molecular weight is 138 g/mol. The number of aliphatic hydroxyl groups is 1. The first-order valence-corrected chi connectivity index (χ1v) is 3.87. The largest absolute Gasteiger partial charge is 0.388 e. The lowest BCUT2D eigenvalue weighted by Gasteiger charge is -2.23. The Kier molecular flexibility index (Phi) is 2.01. The molecule has 1 aliphatic rings. The van der Waals surface area contributed by atoms with E-state index in [1.807, 2.05) is 6.92 Å². The number of rotatable bonds is 2. The SMILES string of the molecule is CCCC1C#CCC1(C)O. The van der Waals surface area contributed by atoms with E-state index in [9.17, 15) is 5.11 Å². The molecular formula is C9H14O. The van der Waals surface area contributed by atoms with E-state index in [0.717, 1.165) is 12.8 Å². The second-order valence-corrected chi connectivity index (χ2v) is 3.20. The average Bonchev–Trinajstić information content (AvgIpc) is 2.13. The highest BCUT2D eigenvalue weighted by molar-refractivity contribution is 5.19. The van der Waals surface area contributed by atoms with E-state index in [4.69, 9.17) is 0 Å². The quantitative estimate of drug-likeness (QED) is 0.574. The highest BCUT2D eigenvalue weighted by Crippen LogP contribution is 2.28. The van der Waals surface area contributed by atoms with Gasteiger partial charge in [-0.25, -0.2) is 0 Å². The third-order valence-electron chi connectivity index (χ3n) is 2.05. The molecule has 0 aromatic rings. The Bertz CT molecular complexity index is 171. The van der Waals surface area contributed by atoms with E-state index >= 15 is 0 Å². The second-order valence-electron chi connectivity index (χ2n) is 3.20. The standard InChI is InChI=1S/C9H14O/c1-3-5-8-6-4-7-9(8,2)10/h8,10H,3,5,7H2,1-2H3. The summed E-state index contributed by atoms with van der Waals surface area (Å²) in [5, 5.41) is 9.66. The molecule has 1 aliphatic carbocycles. The second kappa shape index (κ2) is 2.64. The van der Waals surface area contributed by atoms with Crippen LogP contribution in [0.4, 0.5) is 0 Å². The minimum atomic E-state index is -0.560. The van der Waals surface area contributed by atoms with Gasteiger partial charge in [-0.05, 0) is 13.3 Å². The van der Waals surface area contributed by atoms with E-state index in [1.165, 1.54) is 0 Å². The van der Waals surface area contributed by atoms with Crippen molar-refractivity contribution in [3.63, 3.8) is 0 Å². The van der Waals surface area contributed by atoms with Gasteiger partial charge in [0.15, 0.2) is 0 Å². The number of hydrogen-bond donors (Lipinski definition) is 1. The zero-order valence-corrected chi connectivity index (χ0v) is 6.65. The first-order chi connectivity index (χ1) is 4.67. The molecule has 10 heavy (non-hydrogen) atoms. The molecule has 0 aliphatic heterocycles. The van der Waals surface area contributed by atoms with Crippen LogP contribution in [0.3, 0.4) is 0 Å². The van der Waals surface area contributed by atoms with E-state index in [1.54, 1.807) is 0 Å². The van der Waals surface area contributed by atoms with Crippen LogP contribution >= 0.6 is 0 Å². The van der Waals surface area contributed by atoms with E-state index in [-0.39, 0.29) is 5.92 Å². The van der Waals surface area contributed by atoms with Gasteiger partial charge in [0.25, 0.3) is 0 Å². The predicted octanol–water partition coefficient (Wildman–Crippen LogP) is 1.56. The molecule has 0 radical (unpaired) electrons. The van der Waals surface area contributed by atoms with Crippen LogP contribution < -0.4 is 0 Å². The Labute approximate surface area is 62.4 Å². The van der Waals surface area contributed by atoms with Gasteiger partial charge in [-0.3, -0.25) is 0 Å². The summed E-state index contributed by atoms with van der Waals surface area (Å²) >= 11 is 0. The van der Waals surface area contributed by atoms with Crippen molar-refractivity contribution in [3.05, 3.63) is 0 Å². The van der Waals surface area contributed by atoms with Crippen molar-refractivity contribution in [2.75, 3.05) is 0 Å². The fourth-order valence-electron chi connectivity index (χ4n) is 1.30. The lowest BCUT2D eigenvalue weighted by molar-refractivity contribution is 0.0295. The van der Waals surface area contributed by atoms with Crippen LogP contribution in [-0.4, -0.2) is 10.7 Å². The monoisotopic (exact) mass is 138 g/mol. The van der Waals surface area contributed by atoms with E-state index in [0.29, 0.717) is 6.42 Å². The van der Waals surface area contributed by atoms with Crippen LogP contribution in [0.2, 0.25) is 0 Å². The molecule has 0 fully saturated rings. The first-order valence-electron chi connectivity index (χ1n) is 3.87. The van der Waals surface area contributed by atoms with Crippen molar-refractivity contribution in [3.8, 4) is 11.8 Å². The zero-order valence-electron chi connectivity index (χ0n) is 6.65. The van der Waals surface area contributed by atoms with Gasteiger partial charge in [0.2, 0.25) is 0 Å². The summed E-state index contributed by atoms with van der Waals surface area (Å²) in [4.78, 5) is 0. The fraction of sp³-hybridized carbons (Fsp3) is 0.778. The van der Waals surface area contributed by atoms with Crippen LogP contribution in [0.5, 0.6) is 0 Å². The zero-order chi connectivity index (χ0) is 7.61. The first kappa shape index (κ1) is 7.63. The summed E-state index contributed by atoms with van der Waals surface area (Å²) in [6.45, 7) is 3.98. The third-order valence-corrected chi connectivity index (χ3v) is 2.05. The molecule has 0 saturated heterocycles. The molecular weight excluding hydrogens is 124 g/mol. The summed E-state index contributed by atoms with van der Waals surface area (Å²) in [6, 6.07) is 0. The molecule has 1 heteroatoms. The molecule has 0 bridgehead atoms. The van der Waals surface area contributed by atoms with Crippen LogP contribution in [0.15, 0.2) is 0 Å². The van der Waals surface area contributed by atoms with Gasteiger partial charge in [-0.15, -0.1) is 0 Å². The van der Waals surface area contributed by atoms with Crippen molar-refractivity contribution in [2.45, 2.75) is 38.7 Å². The molecule has 0 saturated carbocycles. The summed E-state index contributed by atoms with van der Waals surface area (Å²) < 4.78 is 0. The fourth-order valence-corrected chi connectivity index (χ4v) is 1.30. The van der Waals surface area contributed by atoms with Crippen molar-refractivity contribution in [1.82, 2.24) is 0 Å². The highest BCUT2D eigenvalue weighted by atomic mass is 16.3. The maximum atomic E-state index is 9.66. The molecule has 1 rings (SSSR count). The lowest BCUT2D eigenvalue weighted by Crippen LogP contribution is -2.29. The molecule has 1 N–H and O–H groups in total. The predicted molar refractivity (Wildman–Crippen MR) is 41.4 cm³/mol. The summed E-state index contributed by atoms with van der Waals surface area (Å²) in [5.74, 6) is 6.22. The van der Waals surface area contributed by atoms with Crippen LogP contribution in [0, 0.1) is 17.8 Å². The van der Waals surface area contributed by atoms with E-state index in [2.05, 4.69) is 18.8 Å². The minimum absolute atomic E-state index is 0.220. The third kappa shape index (κ3) is 1.33. The Balaban J connectivity index is 2.52. The molecule has 1 nitrogen and oxygen atoms in total. The van der Waals surface area contributed by atoms with Gasteiger partial charge in [0.05, 0.1) is 5.60 Å². The van der Waals surface area contributed by atoms with Gasteiger partial charge in [-0.1, -0.05) is 25.2 Å². The molecule has 0 heterocycles. The van der Waals surface area contributed by atoms with Crippen molar-refractivity contribution in [1.29, 1.82) is 0 Å². The smallest absolute Gasteiger partial charge is 0.0865 e. The molecule has 2 unspecified atom stereocenters. The van der Waals surface area contributed by atoms with Gasteiger partial charge >= 0.3 is 0 Å². The van der Waals surface area contributed by atoms with Gasteiger partial charge < -0.3 is 5.11 Å². The molecule has 0 spiro atoms. The number of hydrogen-bond acceptors (Lipinski definition) is 1. The summed E-state index contributed by atoms with van der Waals surface area (Å²) in [6.07, 6.45) is 2.78. The normalized spacial score (nSPS) is 37.3. The van der Waals surface area contributed by atoms with Gasteiger partial charge in [-0.2, -0.15) is 0 Å². The Morgan fingerprint density at radius 3 is 2.80 bits per heavy atom. The van der Waals surface area contributed by atoms with Gasteiger partial charge in [0, 0.05) is 12.3 Å². The molecule has 2 atom stereocenters. The lowest BCUT2D eigenvalue weighted by atomic mass is 9.88. The van der Waals surface area contributed by atoms with E-state index < -0.39 is 5.60 Å². The minimum Gasteiger partial charge on any atom is -0.388 e. The van der Waals surface area contributed by atoms with Crippen LogP contribution in [0.1, 0.15) is 33.1 Å².